The summed E-state index contributed by atoms with van der Waals surface area (Å²) in [5.41, 5.74) is 1.22. The second kappa shape index (κ2) is 3.57. The number of H-pyrrole nitrogens is 1. The maximum atomic E-state index is 4.20. The molecule has 0 aliphatic carbocycles. The van der Waals surface area contributed by atoms with Gasteiger partial charge < -0.3 is 10.3 Å². The van der Waals surface area contributed by atoms with E-state index in [2.05, 4.69) is 19.7 Å². The number of aromatic amines is 1. The fourth-order valence-corrected chi connectivity index (χ4v) is 1.58. The molecule has 13 heavy (non-hydrogen) atoms. The van der Waals surface area contributed by atoms with E-state index in [1.165, 1.54) is 17.1 Å². The maximum Gasteiger partial charge on any atom is 0.202 e. The Labute approximate surface area is 80.2 Å². The summed E-state index contributed by atoms with van der Waals surface area (Å²) in [4.78, 5) is 7.19. The largest absolute Gasteiger partial charge is 0.367 e. The van der Waals surface area contributed by atoms with E-state index >= 15 is 0 Å². The van der Waals surface area contributed by atoms with Gasteiger partial charge in [0, 0.05) is 30.5 Å². The minimum Gasteiger partial charge on any atom is -0.367 e. The number of anilines is 1. The molecule has 2 heterocycles. The van der Waals surface area contributed by atoms with Gasteiger partial charge in [0.15, 0.2) is 0 Å². The van der Waals surface area contributed by atoms with Gasteiger partial charge >= 0.3 is 0 Å². The first-order valence-corrected chi connectivity index (χ1v) is 4.78. The highest BCUT2D eigenvalue weighted by Gasteiger charge is 1.98. The average Bonchev–Trinajstić information content (AvgIpc) is 2.71. The van der Waals surface area contributed by atoms with Crippen LogP contribution in [0.1, 0.15) is 11.4 Å². The van der Waals surface area contributed by atoms with Gasteiger partial charge in [-0.25, -0.2) is 4.98 Å². The van der Waals surface area contributed by atoms with Crippen molar-refractivity contribution in [3.05, 3.63) is 29.8 Å². The van der Waals surface area contributed by atoms with Crippen LogP contribution in [0.4, 0.5) is 5.13 Å². The van der Waals surface area contributed by atoms with Gasteiger partial charge in [0.1, 0.15) is 5.82 Å². The second-order valence-corrected chi connectivity index (χ2v) is 3.47. The molecule has 0 fully saturated rings. The Bertz CT molecular complexity index is 365. The van der Waals surface area contributed by atoms with Gasteiger partial charge in [-0.05, 0) is 18.6 Å². The van der Waals surface area contributed by atoms with Crippen LogP contribution < -0.4 is 5.32 Å². The van der Waals surface area contributed by atoms with Crippen LogP contribution >= 0.6 is 11.5 Å². The molecule has 0 saturated heterocycles. The Morgan fingerprint density at radius 3 is 3.15 bits per heavy atom. The van der Waals surface area contributed by atoms with E-state index in [0.717, 1.165) is 17.5 Å². The molecule has 2 N–H and O–H groups in total. The molecular formula is C8H10N4S. The Morgan fingerprint density at radius 2 is 2.54 bits per heavy atom. The normalized spacial score (nSPS) is 10.2. The van der Waals surface area contributed by atoms with Gasteiger partial charge in [-0.1, -0.05) is 0 Å². The number of aromatic nitrogens is 3. The van der Waals surface area contributed by atoms with E-state index in [4.69, 9.17) is 0 Å². The monoisotopic (exact) mass is 194 g/mol. The highest BCUT2D eigenvalue weighted by Crippen LogP contribution is 2.11. The number of rotatable bonds is 3. The van der Waals surface area contributed by atoms with E-state index in [1.807, 2.05) is 25.4 Å². The van der Waals surface area contributed by atoms with Crippen molar-refractivity contribution < 1.29 is 0 Å². The smallest absolute Gasteiger partial charge is 0.202 e. The third-order valence-corrected chi connectivity index (χ3v) is 2.40. The Balaban J connectivity index is 1.93. The van der Waals surface area contributed by atoms with Crippen LogP contribution in [0.25, 0.3) is 0 Å². The minimum atomic E-state index is 0.790. The molecule has 0 aliphatic rings. The number of aryl methyl sites for hydroxylation is 1. The zero-order chi connectivity index (χ0) is 9.10. The van der Waals surface area contributed by atoms with Crippen molar-refractivity contribution in [3.8, 4) is 0 Å². The molecule has 0 atom stereocenters. The van der Waals surface area contributed by atoms with Gasteiger partial charge in [-0.3, -0.25) is 0 Å². The molecule has 2 rings (SSSR count). The van der Waals surface area contributed by atoms with Gasteiger partial charge in [0.05, 0.1) is 0 Å². The van der Waals surface area contributed by atoms with Crippen molar-refractivity contribution >= 4 is 16.7 Å². The summed E-state index contributed by atoms with van der Waals surface area (Å²) < 4.78 is 4.08. The molecule has 2 aromatic rings. The highest BCUT2D eigenvalue weighted by molar-refractivity contribution is 7.09. The van der Waals surface area contributed by atoms with E-state index in [1.54, 1.807) is 0 Å². The van der Waals surface area contributed by atoms with Crippen LogP contribution in [0.15, 0.2) is 18.5 Å². The van der Waals surface area contributed by atoms with Crippen LogP contribution in [-0.2, 0) is 6.54 Å². The molecule has 0 radical (unpaired) electrons. The second-order valence-electron chi connectivity index (χ2n) is 2.72. The van der Waals surface area contributed by atoms with E-state index in [0.29, 0.717) is 0 Å². The standard InChI is InChI=1S/C8H10N4S/c1-6-11-8(13-12-6)10-5-7-2-3-9-4-7/h2-4,9H,5H2,1H3,(H,10,11,12). The predicted octanol–water partition coefficient (Wildman–Crippen LogP) is 1.79. The third kappa shape index (κ3) is 2.06. The molecule has 68 valence electrons. The lowest BCUT2D eigenvalue weighted by Crippen LogP contribution is -1.97. The van der Waals surface area contributed by atoms with Crippen LogP contribution in [-0.4, -0.2) is 14.3 Å². The lowest BCUT2D eigenvalue weighted by Gasteiger charge is -1.97. The summed E-state index contributed by atoms with van der Waals surface area (Å²) in [6.07, 6.45) is 3.86. The van der Waals surface area contributed by atoms with Crippen molar-refractivity contribution in [1.82, 2.24) is 14.3 Å². The number of hydrogen-bond donors (Lipinski definition) is 2. The van der Waals surface area contributed by atoms with Crippen molar-refractivity contribution in [1.29, 1.82) is 0 Å². The van der Waals surface area contributed by atoms with Crippen LogP contribution in [0.3, 0.4) is 0 Å². The van der Waals surface area contributed by atoms with Crippen molar-refractivity contribution in [2.45, 2.75) is 13.5 Å². The Hall–Kier alpha value is -1.36. The van der Waals surface area contributed by atoms with E-state index in [-0.39, 0.29) is 0 Å². The molecule has 0 saturated carbocycles. The zero-order valence-electron chi connectivity index (χ0n) is 7.24. The first-order chi connectivity index (χ1) is 6.34. The molecule has 0 unspecified atom stereocenters. The van der Waals surface area contributed by atoms with Crippen molar-refractivity contribution in [3.63, 3.8) is 0 Å². The van der Waals surface area contributed by atoms with Crippen molar-refractivity contribution in [2.24, 2.45) is 0 Å². The summed E-state index contributed by atoms with van der Waals surface area (Å²) in [5, 5.41) is 4.07. The molecule has 0 aromatic carbocycles. The quantitative estimate of drug-likeness (QED) is 0.783. The molecule has 2 aromatic heterocycles. The number of nitrogens with one attached hydrogen (secondary N) is 2. The van der Waals surface area contributed by atoms with Crippen LogP contribution in [0, 0.1) is 6.92 Å². The van der Waals surface area contributed by atoms with E-state index < -0.39 is 0 Å². The topological polar surface area (TPSA) is 53.6 Å². The fourth-order valence-electron chi connectivity index (χ4n) is 1.01. The summed E-state index contributed by atoms with van der Waals surface area (Å²) >= 11 is 1.39. The predicted molar refractivity (Wildman–Crippen MR) is 52.8 cm³/mol. The molecule has 0 spiro atoms. The average molecular weight is 194 g/mol. The fraction of sp³-hybridized carbons (Fsp3) is 0.250. The summed E-state index contributed by atoms with van der Waals surface area (Å²) in [7, 11) is 0. The Morgan fingerprint density at radius 1 is 1.62 bits per heavy atom. The van der Waals surface area contributed by atoms with Gasteiger partial charge in [-0.15, -0.1) is 0 Å². The molecule has 5 heteroatoms. The highest BCUT2D eigenvalue weighted by atomic mass is 32.1. The summed E-state index contributed by atoms with van der Waals surface area (Å²) in [5.74, 6) is 0.821. The maximum absolute atomic E-state index is 4.20. The Kier molecular flexibility index (Phi) is 2.27. The van der Waals surface area contributed by atoms with Gasteiger partial charge in [0.2, 0.25) is 5.13 Å². The first-order valence-electron chi connectivity index (χ1n) is 4.00. The molecule has 0 aliphatic heterocycles. The minimum absolute atomic E-state index is 0.790. The van der Waals surface area contributed by atoms with Gasteiger partial charge in [-0.2, -0.15) is 4.37 Å². The summed E-state index contributed by atoms with van der Waals surface area (Å²) in [6, 6.07) is 2.03. The zero-order valence-corrected chi connectivity index (χ0v) is 8.06. The molecule has 4 nitrogen and oxygen atoms in total. The summed E-state index contributed by atoms with van der Waals surface area (Å²) in [6.45, 7) is 2.68. The lowest BCUT2D eigenvalue weighted by molar-refractivity contribution is 1.10. The van der Waals surface area contributed by atoms with Crippen LogP contribution in [0.2, 0.25) is 0 Å². The molecule has 0 bridgehead atoms. The molecular weight excluding hydrogens is 184 g/mol. The lowest BCUT2D eigenvalue weighted by atomic mass is 10.3. The number of hydrogen-bond acceptors (Lipinski definition) is 4. The molecule has 0 amide bonds. The van der Waals surface area contributed by atoms with E-state index in [9.17, 15) is 0 Å². The number of nitrogens with zero attached hydrogens (tertiary/aromatic N) is 2. The van der Waals surface area contributed by atoms with Gasteiger partial charge in [0.25, 0.3) is 0 Å². The third-order valence-electron chi connectivity index (χ3n) is 1.63. The first kappa shape index (κ1) is 8.25. The van der Waals surface area contributed by atoms with Crippen molar-refractivity contribution in [2.75, 3.05) is 5.32 Å². The SMILES string of the molecule is Cc1nsc(NCc2cc[nH]c2)n1. The van der Waals surface area contributed by atoms with Crippen LogP contribution in [0.5, 0.6) is 0 Å².